The van der Waals surface area contributed by atoms with E-state index in [1.54, 1.807) is 13.0 Å². The molecule has 1 aromatic heterocycles. The average Bonchev–Trinajstić information content (AvgIpc) is 2.88. The SMILES string of the molecule is Cc1[nH]c(CNCC2CCCC2)cc1C(=O)O. The van der Waals surface area contributed by atoms with E-state index in [0.29, 0.717) is 5.56 Å². The molecule has 1 saturated carbocycles. The Balaban J connectivity index is 1.82. The highest BCUT2D eigenvalue weighted by molar-refractivity contribution is 5.89. The van der Waals surface area contributed by atoms with E-state index < -0.39 is 5.97 Å². The number of aryl methyl sites for hydroxylation is 1. The van der Waals surface area contributed by atoms with Gasteiger partial charge < -0.3 is 15.4 Å². The fourth-order valence-electron chi connectivity index (χ4n) is 2.57. The minimum Gasteiger partial charge on any atom is -0.478 e. The Morgan fingerprint density at radius 3 is 2.82 bits per heavy atom. The molecule has 0 saturated heterocycles. The predicted octanol–water partition coefficient (Wildman–Crippen LogP) is 2.30. The molecular formula is C13H20N2O2. The number of hydrogen-bond acceptors (Lipinski definition) is 2. The predicted molar refractivity (Wildman–Crippen MR) is 66.2 cm³/mol. The normalized spacial score (nSPS) is 16.5. The highest BCUT2D eigenvalue weighted by Gasteiger charge is 2.15. The van der Waals surface area contributed by atoms with Crippen LogP contribution in [-0.4, -0.2) is 22.6 Å². The fourth-order valence-corrected chi connectivity index (χ4v) is 2.57. The molecule has 2 rings (SSSR count). The van der Waals surface area contributed by atoms with Crippen LogP contribution in [0.3, 0.4) is 0 Å². The summed E-state index contributed by atoms with van der Waals surface area (Å²) in [6.07, 6.45) is 5.38. The van der Waals surface area contributed by atoms with Crippen LogP contribution in [0, 0.1) is 12.8 Å². The van der Waals surface area contributed by atoms with Gasteiger partial charge in [-0.3, -0.25) is 0 Å². The maximum atomic E-state index is 10.9. The maximum absolute atomic E-state index is 10.9. The van der Waals surface area contributed by atoms with E-state index in [2.05, 4.69) is 10.3 Å². The van der Waals surface area contributed by atoms with E-state index in [9.17, 15) is 4.79 Å². The summed E-state index contributed by atoms with van der Waals surface area (Å²) in [6, 6.07) is 1.72. The average molecular weight is 236 g/mol. The van der Waals surface area contributed by atoms with E-state index in [1.165, 1.54) is 25.7 Å². The van der Waals surface area contributed by atoms with Crippen molar-refractivity contribution >= 4 is 5.97 Å². The van der Waals surface area contributed by atoms with Gasteiger partial charge in [0.1, 0.15) is 0 Å². The largest absolute Gasteiger partial charge is 0.478 e. The molecule has 1 aliphatic rings. The first kappa shape index (κ1) is 12.2. The van der Waals surface area contributed by atoms with Crippen molar-refractivity contribution in [2.75, 3.05) is 6.54 Å². The molecule has 1 aromatic rings. The highest BCUT2D eigenvalue weighted by Crippen LogP contribution is 2.23. The summed E-state index contributed by atoms with van der Waals surface area (Å²) in [6.45, 7) is 3.56. The lowest BCUT2D eigenvalue weighted by Crippen LogP contribution is -2.20. The van der Waals surface area contributed by atoms with Crippen LogP contribution in [0.2, 0.25) is 0 Å². The first-order chi connectivity index (χ1) is 8.16. The monoisotopic (exact) mass is 236 g/mol. The van der Waals surface area contributed by atoms with Crippen molar-refractivity contribution in [1.29, 1.82) is 0 Å². The van der Waals surface area contributed by atoms with Gasteiger partial charge in [-0.05, 0) is 38.3 Å². The van der Waals surface area contributed by atoms with Gasteiger partial charge in [0, 0.05) is 17.9 Å². The van der Waals surface area contributed by atoms with Gasteiger partial charge in [-0.2, -0.15) is 0 Å². The molecule has 4 nitrogen and oxygen atoms in total. The van der Waals surface area contributed by atoms with E-state index in [-0.39, 0.29) is 0 Å². The van der Waals surface area contributed by atoms with Crippen molar-refractivity contribution in [1.82, 2.24) is 10.3 Å². The zero-order chi connectivity index (χ0) is 12.3. The molecule has 0 radical (unpaired) electrons. The van der Waals surface area contributed by atoms with Crippen LogP contribution in [0.15, 0.2) is 6.07 Å². The summed E-state index contributed by atoms with van der Waals surface area (Å²) < 4.78 is 0. The Hall–Kier alpha value is -1.29. The van der Waals surface area contributed by atoms with Crippen molar-refractivity contribution in [2.45, 2.75) is 39.2 Å². The molecule has 1 fully saturated rings. The quantitative estimate of drug-likeness (QED) is 0.735. The zero-order valence-corrected chi connectivity index (χ0v) is 10.3. The minimum atomic E-state index is -0.860. The Morgan fingerprint density at radius 1 is 1.53 bits per heavy atom. The molecular weight excluding hydrogens is 216 g/mol. The summed E-state index contributed by atoms with van der Waals surface area (Å²) >= 11 is 0. The van der Waals surface area contributed by atoms with Gasteiger partial charge in [0.15, 0.2) is 0 Å². The van der Waals surface area contributed by atoms with Gasteiger partial charge in [-0.15, -0.1) is 0 Å². The lowest BCUT2D eigenvalue weighted by molar-refractivity contribution is 0.0696. The number of rotatable bonds is 5. The van der Waals surface area contributed by atoms with Gasteiger partial charge in [0.05, 0.1) is 5.56 Å². The summed E-state index contributed by atoms with van der Waals surface area (Å²) in [5.41, 5.74) is 2.07. The standard InChI is InChI=1S/C13H20N2O2/c1-9-12(13(16)17)6-11(15-9)8-14-7-10-4-2-3-5-10/h6,10,14-15H,2-5,7-8H2,1H3,(H,16,17). The van der Waals surface area contributed by atoms with Gasteiger partial charge in [-0.1, -0.05) is 12.8 Å². The van der Waals surface area contributed by atoms with Gasteiger partial charge in [0.25, 0.3) is 0 Å². The number of H-pyrrole nitrogens is 1. The second kappa shape index (κ2) is 5.36. The molecule has 3 N–H and O–H groups in total. The lowest BCUT2D eigenvalue weighted by Gasteiger charge is -2.09. The Kier molecular flexibility index (Phi) is 3.84. The third-order valence-electron chi connectivity index (χ3n) is 3.52. The van der Waals surface area contributed by atoms with Crippen molar-refractivity contribution in [2.24, 2.45) is 5.92 Å². The first-order valence-corrected chi connectivity index (χ1v) is 6.29. The molecule has 94 valence electrons. The second-order valence-corrected chi connectivity index (χ2v) is 4.92. The maximum Gasteiger partial charge on any atom is 0.337 e. The van der Waals surface area contributed by atoms with Crippen molar-refractivity contribution < 1.29 is 9.90 Å². The van der Waals surface area contributed by atoms with Crippen LogP contribution < -0.4 is 5.32 Å². The number of carboxylic acids is 1. The van der Waals surface area contributed by atoms with Crippen LogP contribution >= 0.6 is 0 Å². The van der Waals surface area contributed by atoms with Gasteiger partial charge >= 0.3 is 5.97 Å². The number of hydrogen-bond donors (Lipinski definition) is 3. The topological polar surface area (TPSA) is 65.1 Å². The Labute approximate surface area is 101 Å². The van der Waals surface area contributed by atoms with Crippen molar-refractivity contribution in [3.05, 3.63) is 23.0 Å². The molecule has 0 amide bonds. The second-order valence-electron chi connectivity index (χ2n) is 4.92. The summed E-state index contributed by atoms with van der Waals surface area (Å²) in [5, 5.41) is 12.3. The first-order valence-electron chi connectivity index (χ1n) is 6.29. The van der Waals surface area contributed by atoms with E-state index in [0.717, 1.165) is 30.4 Å². The minimum absolute atomic E-state index is 0.377. The van der Waals surface area contributed by atoms with Crippen molar-refractivity contribution in [3.8, 4) is 0 Å². The molecule has 0 spiro atoms. The zero-order valence-electron chi connectivity index (χ0n) is 10.3. The summed E-state index contributed by atoms with van der Waals surface area (Å²) in [5.74, 6) is -0.0502. The van der Waals surface area contributed by atoms with Crippen LogP contribution in [-0.2, 0) is 6.54 Å². The van der Waals surface area contributed by atoms with Crippen LogP contribution in [0.5, 0.6) is 0 Å². The number of nitrogens with one attached hydrogen (secondary N) is 2. The fraction of sp³-hybridized carbons (Fsp3) is 0.615. The summed E-state index contributed by atoms with van der Waals surface area (Å²) in [7, 11) is 0. The van der Waals surface area contributed by atoms with Crippen molar-refractivity contribution in [3.63, 3.8) is 0 Å². The molecule has 4 heteroatoms. The van der Waals surface area contributed by atoms with Crippen LogP contribution in [0.4, 0.5) is 0 Å². The molecule has 0 aliphatic heterocycles. The smallest absolute Gasteiger partial charge is 0.337 e. The number of aromatic amines is 1. The summed E-state index contributed by atoms with van der Waals surface area (Å²) in [4.78, 5) is 14.0. The third-order valence-corrected chi connectivity index (χ3v) is 3.52. The van der Waals surface area contributed by atoms with Gasteiger partial charge in [0.2, 0.25) is 0 Å². The third kappa shape index (κ3) is 3.09. The number of aromatic carboxylic acids is 1. The number of carboxylic acid groups (broad SMARTS) is 1. The molecule has 17 heavy (non-hydrogen) atoms. The van der Waals surface area contributed by atoms with Crippen LogP contribution in [0.1, 0.15) is 47.4 Å². The van der Waals surface area contributed by atoms with Gasteiger partial charge in [-0.25, -0.2) is 4.79 Å². The Morgan fingerprint density at radius 2 is 2.24 bits per heavy atom. The van der Waals surface area contributed by atoms with E-state index in [1.807, 2.05) is 0 Å². The van der Waals surface area contributed by atoms with Crippen LogP contribution in [0.25, 0.3) is 0 Å². The molecule has 0 bridgehead atoms. The molecule has 0 atom stereocenters. The molecule has 0 unspecified atom stereocenters. The molecule has 0 aromatic carbocycles. The van der Waals surface area contributed by atoms with E-state index >= 15 is 0 Å². The number of carbonyl (C=O) groups is 1. The highest BCUT2D eigenvalue weighted by atomic mass is 16.4. The lowest BCUT2D eigenvalue weighted by atomic mass is 10.1. The Bertz CT molecular complexity index is 392. The molecule has 1 aliphatic carbocycles. The molecule has 1 heterocycles. The van der Waals surface area contributed by atoms with E-state index in [4.69, 9.17) is 5.11 Å². The number of aromatic nitrogens is 1.